The monoisotopic (exact) mass is 443 g/mol. The molecule has 0 aliphatic heterocycles. The SMILES string of the molecule is C=CCN(C(=O)CSc1nc(N)c(C(=O)Nc2ccccc2)cc1C#N)c1ccccc1. The van der Waals surface area contributed by atoms with Gasteiger partial charge in [0, 0.05) is 17.9 Å². The van der Waals surface area contributed by atoms with Crippen LogP contribution >= 0.6 is 11.8 Å². The maximum atomic E-state index is 12.8. The Kier molecular flexibility index (Phi) is 7.62. The van der Waals surface area contributed by atoms with Gasteiger partial charge in [0.1, 0.15) is 16.9 Å². The molecule has 1 heterocycles. The molecule has 3 aromatic rings. The van der Waals surface area contributed by atoms with E-state index in [9.17, 15) is 14.9 Å². The van der Waals surface area contributed by atoms with E-state index in [1.54, 1.807) is 35.2 Å². The number of rotatable bonds is 8. The molecule has 0 unspecified atom stereocenters. The lowest BCUT2D eigenvalue weighted by atomic mass is 10.2. The highest BCUT2D eigenvalue weighted by Gasteiger charge is 2.19. The number of para-hydroxylation sites is 2. The maximum Gasteiger partial charge on any atom is 0.259 e. The van der Waals surface area contributed by atoms with E-state index in [-0.39, 0.29) is 28.6 Å². The summed E-state index contributed by atoms with van der Waals surface area (Å²) in [4.78, 5) is 31.2. The molecule has 7 nitrogen and oxygen atoms in total. The molecule has 0 fully saturated rings. The lowest BCUT2D eigenvalue weighted by molar-refractivity contribution is -0.116. The lowest BCUT2D eigenvalue weighted by Crippen LogP contribution is -2.32. The van der Waals surface area contributed by atoms with Gasteiger partial charge < -0.3 is 16.0 Å². The number of carbonyl (C=O) groups is 2. The number of nitrogens with one attached hydrogen (secondary N) is 1. The second kappa shape index (κ2) is 10.8. The molecular formula is C24H21N5O2S. The van der Waals surface area contributed by atoms with Gasteiger partial charge in [0.15, 0.2) is 0 Å². The number of carbonyl (C=O) groups excluding carboxylic acids is 2. The molecule has 0 aliphatic carbocycles. The van der Waals surface area contributed by atoms with E-state index in [2.05, 4.69) is 16.9 Å². The third-order valence-electron chi connectivity index (χ3n) is 4.43. The first-order valence-corrected chi connectivity index (χ1v) is 10.7. The van der Waals surface area contributed by atoms with E-state index in [0.717, 1.165) is 17.4 Å². The lowest BCUT2D eigenvalue weighted by Gasteiger charge is -2.21. The summed E-state index contributed by atoms with van der Waals surface area (Å²) in [5.74, 6) is -0.611. The molecule has 32 heavy (non-hydrogen) atoms. The van der Waals surface area contributed by atoms with Crippen LogP contribution in [0.4, 0.5) is 17.2 Å². The highest BCUT2D eigenvalue weighted by molar-refractivity contribution is 8.00. The number of hydrogen-bond donors (Lipinski definition) is 2. The number of pyridine rings is 1. The van der Waals surface area contributed by atoms with E-state index in [0.29, 0.717) is 17.3 Å². The average Bonchev–Trinajstić information content (AvgIpc) is 2.82. The van der Waals surface area contributed by atoms with Crippen molar-refractivity contribution in [2.24, 2.45) is 0 Å². The zero-order chi connectivity index (χ0) is 22.9. The number of nitriles is 1. The van der Waals surface area contributed by atoms with Crippen molar-refractivity contribution in [2.75, 3.05) is 28.2 Å². The van der Waals surface area contributed by atoms with Gasteiger partial charge in [-0.15, -0.1) is 6.58 Å². The van der Waals surface area contributed by atoms with Crippen LogP contribution in [-0.2, 0) is 4.79 Å². The molecular weight excluding hydrogens is 422 g/mol. The number of benzene rings is 2. The molecule has 0 bridgehead atoms. The molecule has 1 aromatic heterocycles. The normalized spacial score (nSPS) is 10.1. The largest absolute Gasteiger partial charge is 0.383 e. The minimum atomic E-state index is -0.466. The third-order valence-corrected chi connectivity index (χ3v) is 5.40. The van der Waals surface area contributed by atoms with Gasteiger partial charge in [0.25, 0.3) is 5.91 Å². The molecule has 3 N–H and O–H groups in total. The molecule has 2 aromatic carbocycles. The van der Waals surface area contributed by atoms with Crippen LogP contribution < -0.4 is 16.0 Å². The second-order valence-electron chi connectivity index (χ2n) is 6.62. The standard InChI is InChI=1S/C24H21N5O2S/c1-2-13-29(19-11-7-4-8-12-19)21(30)16-32-24-17(15-25)14-20(22(26)28-24)23(31)27-18-9-5-3-6-10-18/h2-12,14H,1,13,16H2,(H2,26,28)(H,27,31). The van der Waals surface area contributed by atoms with E-state index in [4.69, 9.17) is 5.73 Å². The number of nitrogen functional groups attached to an aromatic ring is 1. The Balaban J connectivity index is 1.76. The fraction of sp³-hybridized carbons (Fsp3) is 0.0833. The summed E-state index contributed by atoms with van der Waals surface area (Å²) in [6.07, 6.45) is 1.65. The van der Waals surface area contributed by atoms with Crippen LogP contribution in [0.3, 0.4) is 0 Å². The summed E-state index contributed by atoms with van der Waals surface area (Å²) < 4.78 is 0. The average molecular weight is 444 g/mol. The van der Waals surface area contributed by atoms with E-state index in [1.807, 2.05) is 42.5 Å². The summed E-state index contributed by atoms with van der Waals surface area (Å²) in [5, 5.41) is 12.6. The molecule has 0 saturated carbocycles. The van der Waals surface area contributed by atoms with Crippen molar-refractivity contribution in [1.29, 1.82) is 5.26 Å². The Morgan fingerprint density at radius 2 is 1.81 bits per heavy atom. The minimum absolute atomic E-state index is 0.0154. The van der Waals surface area contributed by atoms with Gasteiger partial charge in [0.05, 0.1) is 16.9 Å². The molecule has 0 saturated heterocycles. The fourth-order valence-corrected chi connectivity index (χ4v) is 3.74. The minimum Gasteiger partial charge on any atom is -0.383 e. The fourth-order valence-electron chi connectivity index (χ4n) is 2.90. The van der Waals surface area contributed by atoms with Crippen molar-refractivity contribution in [3.63, 3.8) is 0 Å². The number of nitrogens with zero attached hydrogens (tertiary/aromatic N) is 3. The first-order chi connectivity index (χ1) is 15.5. The van der Waals surface area contributed by atoms with Crippen LogP contribution in [-0.4, -0.2) is 29.1 Å². The van der Waals surface area contributed by atoms with Crippen LogP contribution in [0.1, 0.15) is 15.9 Å². The highest BCUT2D eigenvalue weighted by atomic mass is 32.2. The summed E-state index contributed by atoms with van der Waals surface area (Å²) in [7, 11) is 0. The number of anilines is 3. The van der Waals surface area contributed by atoms with Crippen molar-refractivity contribution in [2.45, 2.75) is 5.03 Å². The van der Waals surface area contributed by atoms with Crippen LogP contribution in [0.5, 0.6) is 0 Å². The summed E-state index contributed by atoms with van der Waals surface area (Å²) in [6.45, 7) is 4.06. The van der Waals surface area contributed by atoms with E-state index in [1.165, 1.54) is 6.07 Å². The van der Waals surface area contributed by atoms with Crippen LogP contribution in [0, 0.1) is 11.3 Å². The Morgan fingerprint density at radius 3 is 2.44 bits per heavy atom. The van der Waals surface area contributed by atoms with E-state index >= 15 is 0 Å². The number of thioether (sulfide) groups is 1. The van der Waals surface area contributed by atoms with Gasteiger partial charge in [-0.2, -0.15) is 5.26 Å². The number of nitrogens with two attached hydrogens (primary N) is 1. The van der Waals surface area contributed by atoms with Crippen molar-refractivity contribution in [3.05, 3.63) is 90.5 Å². The van der Waals surface area contributed by atoms with Crippen molar-refractivity contribution < 1.29 is 9.59 Å². The van der Waals surface area contributed by atoms with Gasteiger partial charge in [-0.25, -0.2) is 4.98 Å². The van der Waals surface area contributed by atoms with Crippen LogP contribution in [0.15, 0.2) is 84.4 Å². The number of amides is 2. The number of aromatic nitrogens is 1. The number of hydrogen-bond acceptors (Lipinski definition) is 6. The highest BCUT2D eigenvalue weighted by Crippen LogP contribution is 2.26. The van der Waals surface area contributed by atoms with Crippen molar-refractivity contribution >= 4 is 40.8 Å². The Labute approximate surface area is 190 Å². The van der Waals surface area contributed by atoms with Gasteiger partial charge in [0.2, 0.25) is 5.91 Å². The summed E-state index contributed by atoms with van der Waals surface area (Å²) in [6, 6.07) is 21.6. The summed E-state index contributed by atoms with van der Waals surface area (Å²) in [5.41, 5.74) is 7.62. The smallest absolute Gasteiger partial charge is 0.259 e. The molecule has 0 spiro atoms. The maximum absolute atomic E-state index is 12.8. The van der Waals surface area contributed by atoms with Crippen LogP contribution in [0.2, 0.25) is 0 Å². The molecule has 160 valence electrons. The molecule has 8 heteroatoms. The Morgan fingerprint density at radius 1 is 1.16 bits per heavy atom. The molecule has 2 amide bonds. The predicted molar refractivity (Wildman–Crippen MR) is 127 cm³/mol. The molecule has 3 rings (SSSR count). The topological polar surface area (TPSA) is 112 Å². The van der Waals surface area contributed by atoms with Crippen molar-refractivity contribution in [1.82, 2.24) is 4.98 Å². The molecule has 0 aliphatic rings. The molecule has 0 atom stereocenters. The zero-order valence-electron chi connectivity index (χ0n) is 17.2. The van der Waals surface area contributed by atoms with E-state index < -0.39 is 5.91 Å². The molecule has 0 radical (unpaired) electrons. The third kappa shape index (κ3) is 5.53. The van der Waals surface area contributed by atoms with Gasteiger partial charge in [-0.3, -0.25) is 9.59 Å². The quantitative estimate of drug-likeness (QED) is 0.400. The van der Waals surface area contributed by atoms with Gasteiger partial charge >= 0.3 is 0 Å². The Bertz CT molecular complexity index is 1160. The van der Waals surface area contributed by atoms with Crippen LogP contribution in [0.25, 0.3) is 0 Å². The summed E-state index contributed by atoms with van der Waals surface area (Å²) >= 11 is 1.10. The predicted octanol–water partition coefficient (Wildman–Crippen LogP) is 4.10. The second-order valence-corrected chi connectivity index (χ2v) is 7.59. The first-order valence-electron chi connectivity index (χ1n) is 9.69. The van der Waals surface area contributed by atoms with Crippen molar-refractivity contribution in [3.8, 4) is 6.07 Å². The zero-order valence-corrected chi connectivity index (χ0v) is 18.0. The van der Waals surface area contributed by atoms with Gasteiger partial charge in [-0.05, 0) is 30.3 Å². The Hall–Kier alpha value is -4.09. The van der Waals surface area contributed by atoms with Gasteiger partial charge in [-0.1, -0.05) is 54.2 Å². The first kappa shape index (κ1) is 22.6.